The second-order valence-electron chi connectivity index (χ2n) is 4.45. The lowest BCUT2D eigenvalue weighted by molar-refractivity contribution is -0.124. The fourth-order valence-electron chi connectivity index (χ4n) is 2.38. The van der Waals surface area contributed by atoms with Gasteiger partial charge >= 0.3 is 0 Å². The summed E-state index contributed by atoms with van der Waals surface area (Å²) in [5, 5.41) is 4.20. The molecule has 1 saturated heterocycles. The third kappa shape index (κ3) is 1.86. The van der Waals surface area contributed by atoms with E-state index in [1.54, 1.807) is 18.3 Å². The van der Waals surface area contributed by atoms with Gasteiger partial charge in [-0.05, 0) is 62.3 Å². The van der Waals surface area contributed by atoms with Crippen LogP contribution in [0.4, 0.5) is 0 Å². The van der Waals surface area contributed by atoms with Crippen molar-refractivity contribution in [2.45, 2.75) is 25.2 Å². The maximum Gasteiger partial charge on any atom is 0.140 e. The van der Waals surface area contributed by atoms with Crippen molar-refractivity contribution in [3.8, 4) is 0 Å². The molecule has 2 rings (SSSR count). The van der Waals surface area contributed by atoms with Crippen LogP contribution in [0.25, 0.3) is 0 Å². The van der Waals surface area contributed by atoms with E-state index in [9.17, 15) is 4.79 Å². The number of likely N-dealkylation sites (tertiary alicyclic amines) is 1. The van der Waals surface area contributed by atoms with Gasteiger partial charge < -0.3 is 4.90 Å². The molecule has 0 amide bonds. The van der Waals surface area contributed by atoms with Crippen LogP contribution in [0.15, 0.2) is 16.8 Å². The van der Waals surface area contributed by atoms with Gasteiger partial charge in [-0.3, -0.25) is 4.79 Å². The van der Waals surface area contributed by atoms with Gasteiger partial charge in [0, 0.05) is 0 Å². The van der Waals surface area contributed by atoms with Crippen LogP contribution >= 0.6 is 11.3 Å². The molecule has 3 heteroatoms. The second kappa shape index (κ2) is 4.06. The molecule has 15 heavy (non-hydrogen) atoms. The number of thiophene rings is 1. The Morgan fingerprint density at radius 1 is 1.47 bits per heavy atom. The topological polar surface area (TPSA) is 20.3 Å². The number of nitrogens with zero attached hydrogens (tertiary/aromatic N) is 1. The van der Waals surface area contributed by atoms with Gasteiger partial charge in [0.25, 0.3) is 0 Å². The van der Waals surface area contributed by atoms with E-state index in [2.05, 4.69) is 28.8 Å². The molecule has 2 heterocycles. The average molecular weight is 223 g/mol. The summed E-state index contributed by atoms with van der Waals surface area (Å²) in [6, 6.07) is 2.11. The molecule has 0 saturated carbocycles. The van der Waals surface area contributed by atoms with Gasteiger partial charge in [0.1, 0.15) is 5.78 Å². The number of hydrogen-bond donors (Lipinski definition) is 0. The largest absolute Gasteiger partial charge is 0.306 e. The molecule has 1 aromatic heterocycles. The monoisotopic (exact) mass is 223 g/mol. The summed E-state index contributed by atoms with van der Waals surface area (Å²) in [5.41, 5.74) is 1.04. The molecule has 1 aliphatic heterocycles. The first kappa shape index (κ1) is 10.8. The van der Waals surface area contributed by atoms with Gasteiger partial charge in [0.15, 0.2) is 0 Å². The quantitative estimate of drug-likeness (QED) is 0.767. The Balaban J connectivity index is 2.30. The lowest BCUT2D eigenvalue weighted by Crippen LogP contribution is -2.45. The van der Waals surface area contributed by atoms with Crippen LogP contribution in [0.1, 0.15) is 25.3 Å². The van der Waals surface area contributed by atoms with Crippen molar-refractivity contribution < 1.29 is 4.79 Å². The molecule has 0 atom stereocenters. The SMILES string of the molecule is CC(=O)C1(c2ccsc2)CCN(C)CC1. The van der Waals surface area contributed by atoms with E-state index >= 15 is 0 Å². The Morgan fingerprint density at radius 2 is 2.13 bits per heavy atom. The Labute approximate surface area is 94.9 Å². The Bertz CT molecular complexity index is 337. The summed E-state index contributed by atoms with van der Waals surface area (Å²) in [6.45, 7) is 3.79. The predicted octanol–water partition coefficient (Wildman–Crippen LogP) is 2.30. The molecular formula is C12H17NOS. The number of rotatable bonds is 2. The molecule has 0 spiro atoms. The summed E-state index contributed by atoms with van der Waals surface area (Å²) < 4.78 is 0. The molecule has 0 bridgehead atoms. The minimum absolute atomic E-state index is 0.188. The molecule has 0 aromatic carbocycles. The number of piperidine rings is 1. The van der Waals surface area contributed by atoms with Gasteiger partial charge in [-0.2, -0.15) is 11.3 Å². The molecule has 1 aliphatic rings. The van der Waals surface area contributed by atoms with Gasteiger partial charge in [-0.15, -0.1) is 0 Å². The van der Waals surface area contributed by atoms with Crippen LogP contribution in [0.5, 0.6) is 0 Å². The number of hydrogen-bond acceptors (Lipinski definition) is 3. The third-order valence-electron chi connectivity index (χ3n) is 3.59. The van der Waals surface area contributed by atoms with E-state index in [1.165, 1.54) is 5.56 Å². The molecule has 0 radical (unpaired) electrons. The van der Waals surface area contributed by atoms with Gasteiger partial charge in [-0.1, -0.05) is 0 Å². The lowest BCUT2D eigenvalue weighted by Gasteiger charge is -2.38. The molecular weight excluding hydrogens is 206 g/mol. The first-order valence-electron chi connectivity index (χ1n) is 5.37. The van der Waals surface area contributed by atoms with E-state index in [-0.39, 0.29) is 5.41 Å². The van der Waals surface area contributed by atoms with Gasteiger partial charge in [-0.25, -0.2) is 0 Å². The van der Waals surface area contributed by atoms with Crippen LogP contribution in [0, 0.1) is 0 Å². The highest BCUT2D eigenvalue weighted by Crippen LogP contribution is 2.37. The maximum absolute atomic E-state index is 11.9. The van der Waals surface area contributed by atoms with E-state index in [4.69, 9.17) is 0 Å². The third-order valence-corrected chi connectivity index (χ3v) is 4.27. The summed E-state index contributed by atoms with van der Waals surface area (Å²) in [6.07, 6.45) is 1.94. The zero-order chi connectivity index (χ0) is 10.9. The zero-order valence-corrected chi connectivity index (χ0v) is 10.1. The Kier molecular flexibility index (Phi) is 2.94. The van der Waals surface area contributed by atoms with Crippen molar-refractivity contribution in [3.05, 3.63) is 22.4 Å². The molecule has 2 nitrogen and oxygen atoms in total. The molecule has 0 N–H and O–H groups in total. The summed E-state index contributed by atoms with van der Waals surface area (Å²) in [4.78, 5) is 14.2. The summed E-state index contributed by atoms with van der Waals surface area (Å²) in [5.74, 6) is 0.328. The maximum atomic E-state index is 11.9. The first-order valence-corrected chi connectivity index (χ1v) is 6.32. The van der Waals surface area contributed by atoms with E-state index in [1.807, 2.05) is 0 Å². The van der Waals surface area contributed by atoms with Crippen molar-refractivity contribution in [1.29, 1.82) is 0 Å². The van der Waals surface area contributed by atoms with Gasteiger partial charge in [0.2, 0.25) is 0 Å². The standard InChI is InChI=1S/C12H17NOS/c1-10(14)12(11-3-8-15-9-11)4-6-13(2)7-5-12/h3,8-9H,4-7H2,1-2H3. The van der Waals surface area contributed by atoms with Crippen LogP contribution in [-0.2, 0) is 10.2 Å². The van der Waals surface area contributed by atoms with Crippen LogP contribution in [-0.4, -0.2) is 30.8 Å². The van der Waals surface area contributed by atoms with E-state index in [0.29, 0.717) is 5.78 Å². The smallest absolute Gasteiger partial charge is 0.140 e. The highest BCUT2D eigenvalue weighted by Gasteiger charge is 2.39. The summed E-state index contributed by atoms with van der Waals surface area (Å²) >= 11 is 1.68. The fourth-order valence-corrected chi connectivity index (χ4v) is 3.14. The zero-order valence-electron chi connectivity index (χ0n) is 9.32. The van der Waals surface area contributed by atoms with Crippen molar-refractivity contribution in [3.63, 3.8) is 0 Å². The summed E-state index contributed by atoms with van der Waals surface area (Å²) in [7, 11) is 2.12. The lowest BCUT2D eigenvalue weighted by atomic mass is 9.71. The number of carbonyl (C=O) groups excluding carboxylic acids is 1. The van der Waals surface area contributed by atoms with Crippen LogP contribution < -0.4 is 0 Å². The van der Waals surface area contributed by atoms with Crippen LogP contribution in [0.2, 0.25) is 0 Å². The minimum atomic E-state index is -0.188. The second-order valence-corrected chi connectivity index (χ2v) is 5.23. The van der Waals surface area contributed by atoms with E-state index in [0.717, 1.165) is 25.9 Å². The molecule has 1 aromatic rings. The molecule has 0 unspecified atom stereocenters. The number of ketones is 1. The van der Waals surface area contributed by atoms with Crippen LogP contribution in [0.3, 0.4) is 0 Å². The van der Waals surface area contributed by atoms with Crippen molar-refractivity contribution >= 4 is 17.1 Å². The van der Waals surface area contributed by atoms with Gasteiger partial charge in [0.05, 0.1) is 5.41 Å². The van der Waals surface area contributed by atoms with E-state index < -0.39 is 0 Å². The highest BCUT2D eigenvalue weighted by molar-refractivity contribution is 7.08. The molecule has 82 valence electrons. The minimum Gasteiger partial charge on any atom is -0.306 e. The van der Waals surface area contributed by atoms with Crippen molar-refractivity contribution in [1.82, 2.24) is 4.90 Å². The first-order chi connectivity index (χ1) is 7.15. The predicted molar refractivity (Wildman–Crippen MR) is 63.4 cm³/mol. The molecule has 1 fully saturated rings. The van der Waals surface area contributed by atoms with Crippen molar-refractivity contribution in [2.75, 3.05) is 20.1 Å². The Hall–Kier alpha value is -0.670. The number of Topliss-reactive ketones (excluding diaryl/α,β-unsaturated/α-hetero) is 1. The van der Waals surface area contributed by atoms with Crippen molar-refractivity contribution in [2.24, 2.45) is 0 Å². The normalized spacial score (nSPS) is 21.5. The highest BCUT2D eigenvalue weighted by atomic mass is 32.1. The average Bonchev–Trinajstić information content (AvgIpc) is 2.72. The fraction of sp³-hybridized carbons (Fsp3) is 0.583. The molecule has 0 aliphatic carbocycles. The Morgan fingerprint density at radius 3 is 2.60 bits per heavy atom. The number of carbonyl (C=O) groups is 1.